The van der Waals surface area contributed by atoms with Crippen molar-refractivity contribution in [2.45, 2.75) is 52.6 Å². The smallest absolute Gasteiger partial charge is 0.225 e. The number of likely N-dealkylation sites (tertiary alicyclic amines) is 1. The van der Waals surface area contributed by atoms with Crippen molar-refractivity contribution in [1.29, 1.82) is 0 Å². The lowest BCUT2D eigenvalue weighted by Crippen LogP contribution is -2.81. The van der Waals surface area contributed by atoms with E-state index in [0.29, 0.717) is 17.4 Å². The van der Waals surface area contributed by atoms with E-state index in [2.05, 4.69) is 35.5 Å². The lowest BCUT2D eigenvalue weighted by Gasteiger charge is -2.63. The molecule has 0 radical (unpaired) electrons. The van der Waals surface area contributed by atoms with Crippen molar-refractivity contribution >= 4 is 5.91 Å². The third-order valence-corrected chi connectivity index (χ3v) is 5.77. The average Bonchev–Trinajstić information content (AvgIpc) is 2.48. The Bertz CT molecular complexity index is 466. The Balaban J connectivity index is 1.67. The lowest BCUT2D eigenvalue weighted by atomic mass is 9.81. The van der Waals surface area contributed by atoms with E-state index >= 15 is 0 Å². The second-order valence-corrected chi connectivity index (χ2v) is 9.54. The molecule has 3 heterocycles. The van der Waals surface area contributed by atoms with E-state index in [0.717, 1.165) is 45.9 Å². The minimum Gasteiger partial charge on any atom is -0.378 e. The summed E-state index contributed by atoms with van der Waals surface area (Å²) in [5.41, 5.74) is 0.547. The van der Waals surface area contributed by atoms with E-state index in [1.54, 1.807) is 0 Å². The van der Waals surface area contributed by atoms with Gasteiger partial charge in [0.05, 0.1) is 24.8 Å². The van der Waals surface area contributed by atoms with Gasteiger partial charge in [-0.3, -0.25) is 14.6 Å². The molecule has 3 fully saturated rings. The number of amides is 1. The fourth-order valence-corrected chi connectivity index (χ4v) is 4.45. The molecule has 138 valence electrons. The molecule has 0 saturated carbocycles. The van der Waals surface area contributed by atoms with Gasteiger partial charge in [-0.05, 0) is 18.4 Å². The van der Waals surface area contributed by atoms with Crippen molar-refractivity contribution in [1.82, 2.24) is 14.7 Å². The number of carbonyl (C=O) groups excluding carboxylic acids is 1. The molecule has 1 amide bonds. The highest BCUT2D eigenvalue weighted by Gasteiger charge is 2.54. The molecule has 0 aliphatic carbocycles. The van der Waals surface area contributed by atoms with Crippen LogP contribution < -0.4 is 0 Å². The minimum atomic E-state index is 0.0789. The van der Waals surface area contributed by atoms with Crippen LogP contribution in [0.4, 0.5) is 0 Å². The average molecular weight is 338 g/mol. The van der Waals surface area contributed by atoms with E-state index in [4.69, 9.17) is 4.74 Å². The molecular weight excluding hydrogens is 302 g/mol. The van der Waals surface area contributed by atoms with Crippen LogP contribution >= 0.6 is 0 Å². The van der Waals surface area contributed by atoms with E-state index < -0.39 is 0 Å². The van der Waals surface area contributed by atoms with Gasteiger partial charge in [-0.25, -0.2) is 0 Å². The van der Waals surface area contributed by atoms with Crippen LogP contribution in [-0.4, -0.2) is 84.7 Å². The summed E-state index contributed by atoms with van der Waals surface area (Å²) in [4.78, 5) is 19.9. The molecule has 3 aliphatic rings. The highest BCUT2D eigenvalue weighted by Crippen LogP contribution is 2.36. The monoisotopic (exact) mass is 337 g/mol. The van der Waals surface area contributed by atoms with Gasteiger partial charge in [-0.1, -0.05) is 34.6 Å². The van der Waals surface area contributed by atoms with Gasteiger partial charge in [0, 0.05) is 38.6 Å². The first-order valence-electron chi connectivity index (χ1n) is 9.56. The number of ether oxygens (including phenoxy) is 1. The fourth-order valence-electron chi connectivity index (χ4n) is 4.45. The molecule has 0 N–H and O–H groups in total. The summed E-state index contributed by atoms with van der Waals surface area (Å²) in [5.74, 6) is 0.378. The number of rotatable bonds is 3. The second kappa shape index (κ2) is 6.58. The standard InChI is InChI=1S/C19H35N3O2/c1-15(2)17(23)21-10-16-11-24-9-8-22(16)19(14-21)12-20(13-19)7-6-18(3,4)5/h15-16H,6-14H2,1-5H3. The third-order valence-electron chi connectivity index (χ3n) is 5.77. The van der Waals surface area contributed by atoms with Gasteiger partial charge in [0.15, 0.2) is 0 Å². The van der Waals surface area contributed by atoms with Crippen molar-refractivity contribution in [2.24, 2.45) is 11.3 Å². The van der Waals surface area contributed by atoms with E-state index in [9.17, 15) is 4.79 Å². The Morgan fingerprint density at radius 1 is 1.25 bits per heavy atom. The number of carbonyl (C=O) groups is 1. The quantitative estimate of drug-likeness (QED) is 0.785. The van der Waals surface area contributed by atoms with Gasteiger partial charge >= 0.3 is 0 Å². The number of hydrogen-bond acceptors (Lipinski definition) is 4. The van der Waals surface area contributed by atoms with Crippen LogP contribution in [0, 0.1) is 11.3 Å². The Labute approximate surface area is 147 Å². The van der Waals surface area contributed by atoms with Crippen molar-refractivity contribution in [3.8, 4) is 0 Å². The Kier molecular flexibility index (Phi) is 4.98. The fraction of sp³-hybridized carbons (Fsp3) is 0.947. The molecule has 0 aromatic heterocycles. The number of morpholine rings is 1. The molecule has 3 rings (SSSR count). The number of nitrogens with zero attached hydrogens (tertiary/aromatic N) is 3. The Morgan fingerprint density at radius 3 is 2.58 bits per heavy atom. The third kappa shape index (κ3) is 3.63. The van der Waals surface area contributed by atoms with Crippen LogP contribution in [0.25, 0.3) is 0 Å². The van der Waals surface area contributed by atoms with Crippen LogP contribution in [0.2, 0.25) is 0 Å². The van der Waals surface area contributed by atoms with Crippen LogP contribution in [0.1, 0.15) is 41.0 Å². The van der Waals surface area contributed by atoms with Crippen LogP contribution in [-0.2, 0) is 9.53 Å². The molecule has 1 spiro atoms. The molecule has 5 heteroatoms. The van der Waals surface area contributed by atoms with Crippen molar-refractivity contribution in [3.05, 3.63) is 0 Å². The summed E-state index contributed by atoms with van der Waals surface area (Å²) in [7, 11) is 0. The molecule has 0 bridgehead atoms. The zero-order chi connectivity index (χ0) is 17.5. The van der Waals surface area contributed by atoms with Gasteiger partial charge < -0.3 is 9.64 Å². The highest BCUT2D eigenvalue weighted by atomic mass is 16.5. The van der Waals surface area contributed by atoms with E-state index in [-0.39, 0.29) is 11.5 Å². The maximum Gasteiger partial charge on any atom is 0.225 e. The van der Waals surface area contributed by atoms with Crippen LogP contribution in [0.5, 0.6) is 0 Å². The van der Waals surface area contributed by atoms with Crippen molar-refractivity contribution in [2.75, 3.05) is 52.5 Å². The molecule has 3 saturated heterocycles. The van der Waals surface area contributed by atoms with E-state index in [1.807, 2.05) is 13.8 Å². The van der Waals surface area contributed by atoms with Crippen molar-refractivity contribution < 1.29 is 9.53 Å². The first-order valence-corrected chi connectivity index (χ1v) is 9.56. The molecule has 5 nitrogen and oxygen atoms in total. The SMILES string of the molecule is CC(C)C(=O)N1CC2COCCN2C2(CN(CCC(C)(C)C)C2)C1. The summed E-state index contributed by atoms with van der Waals surface area (Å²) in [5, 5.41) is 0. The molecule has 24 heavy (non-hydrogen) atoms. The Hall–Kier alpha value is -0.650. The maximum absolute atomic E-state index is 12.6. The first kappa shape index (κ1) is 18.2. The van der Waals surface area contributed by atoms with Gasteiger partial charge in [-0.15, -0.1) is 0 Å². The zero-order valence-electron chi connectivity index (χ0n) is 16.2. The zero-order valence-corrected chi connectivity index (χ0v) is 16.2. The summed E-state index contributed by atoms with van der Waals surface area (Å²) in [6.45, 7) is 18.7. The highest BCUT2D eigenvalue weighted by molar-refractivity contribution is 5.78. The van der Waals surface area contributed by atoms with E-state index in [1.165, 1.54) is 13.0 Å². The summed E-state index contributed by atoms with van der Waals surface area (Å²) in [6.07, 6.45) is 1.23. The molecule has 0 aromatic carbocycles. The second-order valence-electron chi connectivity index (χ2n) is 9.54. The summed E-state index contributed by atoms with van der Waals surface area (Å²) >= 11 is 0. The molecule has 1 unspecified atom stereocenters. The number of piperazine rings is 1. The number of hydrogen-bond donors (Lipinski definition) is 0. The van der Waals surface area contributed by atoms with Crippen molar-refractivity contribution in [3.63, 3.8) is 0 Å². The summed E-state index contributed by atoms with van der Waals surface area (Å²) in [6, 6.07) is 0.375. The van der Waals surface area contributed by atoms with Crippen LogP contribution in [0.3, 0.4) is 0 Å². The van der Waals surface area contributed by atoms with Gasteiger partial charge in [0.2, 0.25) is 5.91 Å². The maximum atomic E-state index is 12.6. The molecular formula is C19H35N3O2. The van der Waals surface area contributed by atoms with Gasteiger partial charge in [0.1, 0.15) is 0 Å². The topological polar surface area (TPSA) is 36.0 Å². The molecule has 1 atom stereocenters. The molecule has 0 aromatic rings. The predicted octanol–water partition coefficient (Wildman–Crippen LogP) is 1.68. The normalized spacial score (nSPS) is 28.1. The first-order chi connectivity index (χ1) is 11.2. The largest absolute Gasteiger partial charge is 0.378 e. The Morgan fingerprint density at radius 2 is 1.96 bits per heavy atom. The number of fused-ring (bicyclic) bond motifs is 2. The minimum absolute atomic E-state index is 0.0789. The van der Waals surface area contributed by atoms with Gasteiger partial charge in [0.25, 0.3) is 0 Å². The lowest BCUT2D eigenvalue weighted by molar-refractivity contribution is -0.176. The van der Waals surface area contributed by atoms with Crippen LogP contribution in [0.15, 0.2) is 0 Å². The van der Waals surface area contributed by atoms with Gasteiger partial charge in [-0.2, -0.15) is 0 Å². The molecule has 3 aliphatic heterocycles. The summed E-state index contributed by atoms with van der Waals surface area (Å²) < 4.78 is 5.72. The predicted molar refractivity (Wildman–Crippen MR) is 96.0 cm³/mol.